The summed E-state index contributed by atoms with van der Waals surface area (Å²) in [6.07, 6.45) is 4.89. The van der Waals surface area contributed by atoms with Crippen LogP contribution in [0.1, 0.15) is 50.9 Å². The van der Waals surface area contributed by atoms with Crippen LogP contribution in [0.5, 0.6) is 0 Å². The third-order valence-electron chi connectivity index (χ3n) is 3.82. The molecule has 100 valence electrons. The average Bonchev–Trinajstić information content (AvgIpc) is 2.71. The zero-order valence-electron chi connectivity index (χ0n) is 11.6. The van der Waals surface area contributed by atoms with Crippen LogP contribution in [0, 0.1) is 5.41 Å². The fourth-order valence-corrected chi connectivity index (χ4v) is 2.71. The molecule has 0 aliphatic heterocycles. The van der Waals surface area contributed by atoms with E-state index < -0.39 is 0 Å². The van der Waals surface area contributed by atoms with Gasteiger partial charge in [0.15, 0.2) is 0 Å². The number of pyridine rings is 1. The fraction of sp³-hybridized carbons (Fsp3) is 0.667. The zero-order valence-corrected chi connectivity index (χ0v) is 11.6. The van der Waals surface area contributed by atoms with Crippen molar-refractivity contribution in [3.63, 3.8) is 0 Å². The summed E-state index contributed by atoms with van der Waals surface area (Å²) in [6, 6.07) is 4.84. The molecule has 1 heterocycles. The van der Waals surface area contributed by atoms with Gasteiger partial charge in [-0.15, -0.1) is 0 Å². The van der Waals surface area contributed by atoms with E-state index in [9.17, 15) is 5.11 Å². The van der Waals surface area contributed by atoms with E-state index >= 15 is 0 Å². The predicted molar refractivity (Wildman–Crippen MR) is 73.4 cm³/mol. The summed E-state index contributed by atoms with van der Waals surface area (Å²) in [4.78, 5) is 4.51. The highest BCUT2D eigenvalue weighted by molar-refractivity contribution is 5.28. The maximum Gasteiger partial charge on any atom is 0.0605 e. The maximum absolute atomic E-state index is 9.21. The van der Waals surface area contributed by atoms with E-state index in [4.69, 9.17) is 0 Å². The molecular weight excluding hydrogens is 224 g/mol. The van der Waals surface area contributed by atoms with Gasteiger partial charge in [-0.1, -0.05) is 26.8 Å². The Labute approximate surface area is 110 Å². The second-order valence-corrected chi connectivity index (χ2v) is 6.24. The predicted octanol–water partition coefficient (Wildman–Crippen LogP) is 2.46. The molecule has 2 rings (SSSR count). The van der Waals surface area contributed by atoms with Gasteiger partial charge in [0.2, 0.25) is 0 Å². The molecule has 0 radical (unpaired) electrons. The first kappa shape index (κ1) is 13.5. The van der Waals surface area contributed by atoms with E-state index in [0.29, 0.717) is 12.1 Å². The molecule has 1 aliphatic carbocycles. The minimum atomic E-state index is 0.153. The van der Waals surface area contributed by atoms with Gasteiger partial charge in [0.1, 0.15) is 0 Å². The van der Waals surface area contributed by atoms with Crippen LogP contribution in [-0.4, -0.2) is 22.7 Å². The number of nitrogens with zero attached hydrogens (tertiary/aromatic N) is 1. The van der Waals surface area contributed by atoms with Gasteiger partial charge in [0.05, 0.1) is 11.7 Å². The molecular formula is C15H24N2O. The molecule has 0 saturated carbocycles. The van der Waals surface area contributed by atoms with Crippen LogP contribution in [0.4, 0.5) is 0 Å². The van der Waals surface area contributed by atoms with Crippen molar-refractivity contribution in [3.8, 4) is 0 Å². The van der Waals surface area contributed by atoms with Gasteiger partial charge in [-0.05, 0) is 36.3 Å². The minimum Gasteiger partial charge on any atom is -0.396 e. The van der Waals surface area contributed by atoms with Crippen molar-refractivity contribution in [3.05, 3.63) is 29.6 Å². The highest BCUT2D eigenvalue weighted by Crippen LogP contribution is 2.32. The first-order valence-electron chi connectivity index (χ1n) is 6.83. The van der Waals surface area contributed by atoms with E-state index in [1.165, 1.54) is 11.3 Å². The summed E-state index contributed by atoms with van der Waals surface area (Å²) < 4.78 is 0. The lowest BCUT2D eigenvalue weighted by Gasteiger charge is -2.33. The lowest BCUT2D eigenvalue weighted by atomic mass is 9.84. The largest absolute Gasteiger partial charge is 0.396 e. The second-order valence-electron chi connectivity index (χ2n) is 6.24. The Balaban J connectivity index is 2.10. The molecule has 1 aliphatic rings. The molecule has 1 aromatic heterocycles. The maximum atomic E-state index is 9.21. The Morgan fingerprint density at radius 3 is 2.94 bits per heavy atom. The van der Waals surface area contributed by atoms with Crippen molar-refractivity contribution >= 4 is 0 Å². The van der Waals surface area contributed by atoms with E-state index in [1.54, 1.807) is 0 Å². The number of rotatable bonds is 4. The highest BCUT2D eigenvalue weighted by atomic mass is 16.3. The Morgan fingerprint density at radius 2 is 2.28 bits per heavy atom. The molecule has 18 heavy (non-hydrogen) atoms. The zero-order chi connectivity index (χ0) is 13.2. The number of aliphatic hydroxyl groups excluding tert-OH is 1. The third-order valence-corrected chi connectivity index (χ3v) is 3.82. The van der Waals surface area contributed by atoms with Crippen molar-refractivity contribution < 1.29 is 5.11 Å². The number of nitrogens with one attached hydrogen (secondary N) is 1. The standard InChI is InChI=1S/C15H24N2O/c1-15(2,3)13(8-10-18)17-12-7-6-11-5-4-9-16-14(11)12/h4-5,9,12-13,17-18H,6-8,10H2,1-3H3. The van der Waals surface area contributed by atoms with E-state index in [1.807, 2.05) is 12.3 Å². The molecule has 0 amide bonds. The lowest BCUT2D eigenvalue weighted by molar-refractivity contribution is 0.184. The molecule has 3 heteroatoms. The summed E-state index contributed by atoms with van der Waals surface area (Å²) in [5.41, 5.74) is 2.72. The summed E-state index contributed by atoms with van der Waals surface area (Å²) >= 11 is 0. The van der Waals surface area contributed by atoms with Gasteiger partial charge in [0, 0.05) is 18.8 Å². The van der Waals surface area contributed by atoms with Gasteiger partial charge in [-0.25, -0.2) is 0 Å². The number of aromatic nitrogens is 1. The molecule has 0 fully saturated rings. The number of hydrogen-bond acceptors (Lipinski definition) is 3. The first-order valence-corrected chi connectivity index (χ1v) is 6.83. The van der Waals surface area contributed by atoms with Gasteiger partial charge >= 0.3 is 0 Å². The summed E-state index contributed by atoms with van der Waals surface area (Å²) in [5, 5.41) is 12.9. The SMILES string of the molecule is CC(C)(C)C(CCO)NC1CCc2cccnc21. The van der Waals surface area contributed by atoms with Gasteiger partial charge in [-0.3, -0.25) is 4.98 Å². The Morgan fingerprint density at radius 1 is 1.50 bits per heavy atom. The number of hydrogen-bond donors (Lipinski definition) is 2. The van der Waals surface area contributed by atoms with Crippen LogP contribution in [0.3, 0.4) is 0 Å². The van der Waals surface area contributed by atoms with Gasteiger partial charge in [-0.2, -0.15) is 0 Å². The molecule has 2 atom stereocenters. The van der Waals surface area contributed by atoms with Crippen LogP contribution in [0.15, 0.2) is 18.3 Å². The number of aliphatic hydroxyl groups is 1. The first-order chi connectivity index (χ1) is 8.52. The monoisotopic (exact) mass is 248 g/mol. The fourth-order valence-electron chi connectivity index (χ4n) is 2.71. The minimum absolute atomic E-state index is 0.153. The van der Waals surface area contributed by atoms with Gasteiger partial charge in [0.25, 0.3) is 0 Å². The van der Waals surface area contributed by atoms with Crippen LogP contribution in [-0.2, 0) is 6.42 Å². The van der Waals surface area contributed by atoms with Crippen molar-refractivity contribution in [1.29, 1.82) is 0 Å². The highest BCUT2D eigenvalue weighted by Gasteiger charge is 2.30. The molecule has 2 unspecified atom stereocenters. The van der Waals surface area contributed by atoms with Crippen LogP contribution < -0.4 is 5.32 Å². The topological polar surface area (TPSA) is 45.1 Å². The number of aryl methyl sites for hydroxylation is 1. The Bertz CT molecular complexity index is 398. The summed E-state index contributed by atoms with van der Waals surface area (Å²) in [6.45, 7) is 6.88. The molecule has 3 nitrogen and oxygen atoms in total. The summed E-state index contributed by atoms with van der Waals surface area (Å²) in [5.74, 6) is 0. The Hall–Kier alpha value is -0.930. The molecule has 0 bridgehead atoms. The molecule has 0 spiro atoms. The third kappa shape index (κ3) is 2.90. The average molecular weight is 248 g/mol. The second kappa shape index (κ2) is 5.37. The summed E-state index contributed by atoms with van der Waals surface area (Å²) in [7, 11) is 0. The smallest absolute Gasteiger partial charge is 0.0605 e. The molecule has 2 N–H and O–H groups in total. The lowest BCUT2D eigenvalue weighted by Crippen LogP contribution is -2.42. The van der Waals surface area contributed by atoms with Crippen molar-refractivity contribution in [2.24, 2.45) is 5.41 Å². The van der Waals surface area contributed by atoms with Crippen LogP contribution in [0.2, 0.25) is 0 Å². The van der Waals surface area contributed by atoms with Gasteiger partial charge < -0.3 is 10.4 Å². The van der Waals surface area contributed by atoms with E-state index in [2.05, 4.69) is 37.1 Å². The van der Waals surface area contributed by atoms with Crippen LogP contribution >= 0.6 is 0 Å². The van der Waals surface area contributed by atoms with E-state index in [-0.39, 0.29) is 12.0 Å². The Kier molecular flexibility index (Phi) is 4.03. The molecule has 1 aromatic rings. The van der Waals surface area contributed by atoms with Crippen molar-refractivity contribution in [1.82, 2.24) is 10.3 Å². The molecule has 0 aromatic carbocycles. The van der Waals surface area contributed by atoms with E-state index in [0.717, 1.165) is 19.3 Å². The molecule has 0 saturated heterocycles. The quantitative estimate of drug-likeness (QED) is 0.860. The van der Waals surface area contributed by atoms with Crippen LogP contribution in [0.25, 0.3) is 0 Å². The van der Waals surface area contributed by atoms with Crippen molar-refractivity contribution in [2.75, 3.05) is 6.61 Å². The normalized spacial score (nSPS) is 20.8. The van der Waals surface area contributed by atoms with Crippen molar-refractivity contribution in [2.45, 2.75) is 52.1 Å². The number of fused-ring (bicyclic) bond motifs is 1.